The zero-order valence-corrected chi connectivity index (χ0v) is 12.2. The molecule has 110 valence electrons. The number of carboxylic acid groups (broad SMARTS) is 1. The molecule has 2 N–H and O–H groups in total. The quantitative estimate of drug-likeness (QED) is 0.810. The van der Waals surface area contributed by atoms with Crippen molar-refractivity contribution in [2.75, 3.05) is 6.54 Å². The lowest BCUT2D eigenvalue weighted by Crippen LogP contribution is -2.38. The summed E-state index contributed by atoms with van der Waals surface area (Å²) >= 11 is 5.82. The molecule has 0 aliphatic carbocycles. The summed E-state index contributed by atoms with van der Waals surface area (Å²) in [4.78, 5) is 22.3. The number of aliphatic carboxylic acids is 1. The van der Waals surface area contributed by atoms with Crippen LogP contribution >= 0.6 is 11.6 Å². The maximum absolute atomic E-state index is 11.8. The minimum absolute atomic E-state index is 0.0177. The van der Waals surface area contributed by atoms with E-state index in [0.717, 1.165) is 0 Å². The Labute approximate surface area is 122 Å². The van der Waals surface area contributed by atoms with Crippen LogP contribution in [0.25, 0.3) is 0 Å². The molecule has 20 heavy (non-hydrogen) atoms. The maximum atomic E-state index is 11.8. The molecule has 5 nitrogen and oxygen atoms in total. The van der Waals surface area contributed by atoms with Crippen molar-refractivity contribution in [1.82, 2.24) is 5.32 Å². The molecule has 0 aromatic heterocycles. The first-order chi connectivity index (χ1) is 9.38. The Hall–Kier alpha value is -1.75. The minimum atomic E-state index is -0.880. The highest BCUT2D eigenvalue weighted by atomic mass is 35.5. The predicted molar refractivity (Wildman–Crippen MR) is 76.0 cm³/mol. The predicted octanol–water partition coefficient (Wildman–Crippen LogP) is 2.33. The minimum Gasteiger partial charge on any atom is -0.481 e. The van der Waals surface area contributed by atoms with Gasteiger partial charge in [0.2, 0.25) is 0 Å². The monoisotopic (exact) mass is 299 g/mol. The summed E-state index contributed by atoms with van der Waals surface area (Å²) in [6.07, 6.45) is -0.658. The van der Waals surface area contributed by atoms with Crippen LogP contribution in [0, 0.1) is 5.92 Å². The number of carbonyl (C=O) groups is 2. The number of hydrogen-bond donors (Lipinski definition) is 2. The standard InChI is InChI=1S/C14H18ClNO4/c1-9(6-13(17)18)8-16-14(19)10(2)20-12-5-3-4-11(15)7-12/h3-5,7,9-10H,6,8H2,1-2H3,(H,16,19)(H,17,18). The fourth-order valence-electron chi connectivity index (χ4n) is 1.59. The van der Waals surface area contributed by atoms with E-state index in [0.29, 0.717) is 17.3 Å². The number of halogens is 1. The molecule has 0 fully saturated rings. The Morgan fingerprint density at radius 3 is 2.70 bits per heavy atom. The van der Waals surface area contributed by atoms with Gasteiger partial charge in [-0.2, -0.15) is 0 Å². The molecule has 1 aromatic carbocycles. The van der Waals surface area contributed by atoms with Crippen LogP contribution in [-0.4, -0.2) is 29.6 Å². The molecule has 2 atom stereocenters. The molecule has 1 aromatic rings. The molecule has 1 amide bonds. The van der Waals surface area contributed by atoms with Crippen LogP contribution in [0.3, 0.4) is 0 Å². The smallest absolute Gasteiger partial charge is 0.303 e. The molecule has 1 rings (SSSR count). The van der Waals surface area contributed by atoms with Gasteiger partial charge in [0.25, 0.3) is 5.91 Å². The lowest BCUT2D eigenvalue weighted by atomic mass is 10.1. The van der Waals surface area contributed by atoms with Gasteiger partial charge in [0.1, 0.15) is 5.75 Å². The average Bonchev–Trinajstić information content (AvgIpc) is 2.35. The van der Waals surface area contributed by atoms with E-state index in [-0.39, 0.29) is 18.2 Å². The lowest BCUT2D eigenvalue weighted by molar-refractivity contribution is -0.138. The average molecular weight is 300 g/mol. The van der Waals surface area contributed by atoms with E-state index in [9.17, 15) is 9.59 Å². The number of carbonyl (C=O) groups excluding carboxylic acids is 1. The third kappa shape index (κ3) is 5.93. The number of carboxylic acids is 1. The summed E-state index contributed by atoms with van der Waals surface area (Å²) in [6, 6.07) is 6.78. The first-order valence-corrected chi connectivity index (χ1v) is 6.68. The Kier molecular flexibility index (Phi) is 6.31. The second-order valence-electron chi connectivity index (χ2n) is 4.67. The molecule has 0 radical (unpaired) electrons. The van der Waals surface area contributed by atoms with Crippen LogP contribution in [0.5, 0.6) is 5.75 Å². The Morgan fingerprint density at radius 2 is 2.10 bits per heavy atom. The van der Waals surface area contributed by atoms with Crippen LogP contribution in [-0.2, 0) is 9.59 Å². The number of amides is 1. The highest BCUT2D eigenvalue weighted by Crippen LogP contribution is 2.18. The van der Waals surface area contributed by atoms with Crippen molar-refractivity contribution >= 4 is 23.5 Å². The normalized spacial score (nSPS) is 13.3. The molecule has 0 aliphatic heterocycles. The number of ether oxygens (including phenoxy) is 1. The van der Waals surface area contributed by atoms with Gasteiger partial charge in [0.15, 0.2) is 6.10 Å². The number of nitrogens with one attached hydrogen (secondary N) is 1. The van der Waals surface area contributed by atoms with E-state index in [1.165, 1.54) is 0 Å². The van der Waals surface area contributed by atoms with Gasteiger partial charge in [0.05, 0.1) is 0 Å². The maximum Gasteiger partial charge on any atom is 0.303 e. The van der Waals surface area contributed by atoms with Crippen molar-refractivity contribution in [2.45, 2.75) is 26.4 Å². The summed E-state index contributed by atoms with van der Waals surface area (Å²) in [7, 11) is 0. The van der Waals surface area contributed by atoms with Gasteiger partial charge in [-0.15, -0.1) is 0 Å². The van der Waals surface area contributed by atoms with Gasteiger partial charge in [-0.3, -0.25) is 9.59 Å². The second kappa shape index (κ2) is 7.75. The summed E-state index contributed by atoms with van der Waals surface area (Å²) in [5.74, 6) is -0.786. The van der Waals surface area contributed by atoms with Crippen molar-refractivity contribution in [2.24, 2.45) is 5.92 Å². The molecule has 0 aliphatic rings. The molecule has 0 heterocycles. The van der Waals surface area contributed by atoms with Gasteiger partial charge in [-0.05, 0) is 31.0 Å². The Balaban J connectivity index is 2.41. The first kappa shape index (κ1) is 16.3. The van der Waals surface area contributed by atoms with Gasteiger partial charge < -0.3 is 15.2 Å². The summed E-state index contributed by atoms with van der Waals surface area (Å²) in [6.45, 7) is 3.68. The Morgan fingerprint density at radius 1 is 1.40 bits per heavy atom. The molecular formula is C14H18ClNO4. The Bertz CT molecular complexity index is 478. The van der Waals surface area contributed by atoms with E-state index >= 15 is 0 Å². The number of hydrogen-bond acceptors (Lipinski definition) is 3. The van der Waals surface area contributed by atoms with Gasteiger partial charge in [0, 0.05) is 18.0 Å². The van der Waals surface area contributed by atoms with E-state index < -0.39 is 12.1 Å². The molecule has 0 saturated carbocycles. The van der Waals surface area contributed by atoms with Crippen molar-refractivity contribution in [3.63, 3.8) is 0 Å². The summed E-state index contributed by atoms with van der Waals surface area (Å²) < 4.78 is 5.46. The third-order valence-electron chi connectivity index (χ3n) is 2.63. The van der Waals surface area contributed by atoms with Crippen molar-refractivity contribution in [3.05, 3.63) is 29.3 Å². The zero-order chi connectivity index (χ0) is 15.1. The SMILES string of the molecule is CC(CNC(=O)C(C)Oc1cccc(Cl)c1)CC(=O)O. The van der Waals surface area contributed by atoms with Gasteiger partial charge >= 0.3 is 5.97 Å². The number of benzene rings is 1. The molecule has 0 spiro atoms. The van der Waals surface area contributed by atoms with Crippen LogP contribution in [0.15, 0.2) is 24.3 Å². The van der Waals surface area contributed by atoms with Crippen LogP contribution in [0.2, 0.25) is 5.02 Å². The van der Waals surface area contributed by atoms with Crippen LogP contribution < -0.4 is 10.1 Å². The van der Waals surface area contributed by atoms with Crippen molar-refractivity contribution in [3.8, 4) is 5.75 Å². The number of rotatable bonds is 7. The largest absolute Gasteiger partial charge is 0.481 e. The van der Waals surface area contributed by atoms with Crippen LogP contribution in [0.1, 0.15) is 20.3 Å². The molecule has 2 unspecified atom stereocenters. The molecule has 0 saturated heterocycles. The third-order valence-corrected chi connectivity index (χ3v) is 2.86. The van der Waals surface area contributed by atoms with Crippen LogP contribution in [0.4, 0.5) is 0 Å². The molecular weight excluding hydrogens is 282 g/mol. The van der Waals surface area contributed by atoms with E-state index in [1.54, 1.807) is 38.1 Å². The summed E-state index contributed by atoms with van der Waals surface area (Å²) in [5, 5.41) is 11.8. The fraction of sp³-hybridized carbons (Fsp3) is 0.429. The highest BCUT2D eigenvalue weighted by molar-refractivity contribution is 6.30. The van der Waals surface area contributed by atoms with Crippen molar-refractivity contribution < 1.29 is 19.4 Å². The lowest BCUT2D eigenvalue weighted by Gasteiger charge is -2.16. The van der Waals surface area contributed by atoms with Gasteiger partial charge in [-0.1, -0.05) is 24.6 Å². The zero-order valence-electron chi connectivity index (χ0n) is 11.4. The summed E-state index contributed by atoms with van der Waals surface area (Å²) in [5.41, 5.74) is 0. The van der Waals surface area contributed by atoms with Crippen molar-refractivity contribution in [1.29, 1.82) is 0 Å². The van der Waals surface area contributed by atoms with Gasteiger partial charge in [-0.25, -0.2) is 0 Å². The highest BCUT2D eigenvalue weighted by Gasteiger charge is 2.16. The molecule has 6 heteroatoms. The topological polar surface area (TPSA) is 75.6 Å². The van der Waals surface area contributed by atoms with E-state index in [4.69, 9.17) is 21.4 Å². The first-order valence-electron chi connectivity index (χ1n) is 6.30. The second-order valence-corrected chi connectivity index (χ2v) is 5.10. The van der Waals surface area contributed by atoms with E-state index in [2.05, 4.69) is 5.32 Å². The van der Waals surface area contributed by atoms with E-state index in [1.807, 2.05) is 0 Å². The fourth-order valence-corrected chi connectivity index (χ4v) is 1.77. The molecule has 0 bridgehead atoms.